The fraction of sp³-hybridized carbons (Fsp3) is 0.600. The molecule has 1 aromatic rings. The molecular formula is C15H24N2. The second kappa shape index (κ2) is 5.54. The Morgan fingerprint density at radius 3 is 2.65 bits per heavy atom. The Balaban J connectivity index is 2.10. The number of nitrogens with one attached hydrogen (secondary N) is 1. The average Bonchev–Trinajstić information content (AvgIpc) is 3.13. The van der Waals surface area contributed by atoms with Gasteiger partial charge in [-0.15, -0.1) is 0 Å². The van der Waals surface area contributed by atoms with Crippen molar-refractivity contribution < 1.29 is 0 Å². The molecule has 2 heteroatoms. The quantitative estimate of drug-likeness (QED) is 0.811. The Bertz CT molecular complexity index is 369. The number of hydrogen-bond acceptors (Lipinski definition) is 2. The van der Waals surface area contributed by atoms with Gasteiger partial charge >= 0.3 is 0 Å². The molecule has 1 saturated carbocycles. The van der Waals surface area contributed by atoms with E-state index < -0.39 is 0 Å². The zero-order valence-corrected chi connectivity index (χ0v) is 11.3. The maximum absolute atomic E-state index is 3.22. The highest BCUT2D eigenvalue weighted by molar-refractivity contribution is 5.51. The van der Waals surface area contributed by atoms with E-state index >= 15 is 0 Å². The van der Waals surface area contributed by atoms with E-state index in [9.17, 15) is 0 Å². The molecule has 1 aliphatic rings. The van der Waals surface area contributed by atoms with E-state index in [1.54, 1.807) is 0 Å². The molecule has 0 unspecified atom stereocenters. The zero-order chi connectivity index (χ0) is 12.3. The highest BCUT2D eigenvalue weighted by atomic mass is 15.1. The summed E-state index contributed by atoms with van der Waals surface area (Å²) in [5, 5.41) is 3.22. The molecule has 0 aromatic heterocycles. The van der Waals surface area contributed by atoms with E-state index in [2.05, 4.69) is 42.3 Å². The molecule has 0 bridgehead atoms. The summed E-state index contributed by atoms with van der Waals surface area (Å²) < 4.78 is 0. The highest BCUT2D eigenvalue weighted by Crippen LogP contribution is 2.31. The van der Waals surface area contributed by atoms with Crippen molar-refractivity contribution in [1.29, 1.82) is 0 Å². The van der Waals surface area contributed by atoms with Crippen molar-refractivity contribution in [2.24, 2.45) is 5.92 Å². The van der Waals surface area contributed by atoms with Crippen LogP contribution in [0.15, 0.2) is 18.2 Å². The van der Waals surface area contributed by atoms with Crippen molar-refractivity contribution in [3.8, 4) is 0 Å². The SMILES string of the molecule is CCN(CC1CC1)c1ccc(CNC)c(C)c1. The third kappa shape index (κ3) is 3.22. The lowest BCUT2D eigenvalue weighted by molar-refractivity contribution is 0.740. The summed E-state index contributed by atoms with van der Waals surface area (Å²) in [4.78, 5) is 2.51. The molecule has 94 valence electrons. The molecule has 2 rings (SSSR count). The molecule has 0 amide bonds. The summed E-state index contributed by atoms with van der Waals surface area (Å²) in [6, 6.07) is 6.86. The molecule has 0 spiro atoms. The largest absolute Gasteiger partial charge is 0.372 e. The monoisotopic (exact) mass is 232 g/mol. The van der Waals surface area contributed by atoms with E-state index in [1.807, 2.05) is 7.05 Å². The van der Waals surface area contributed by atoms with Crippen LogP contribution in [-0.4, -0.2) is 20.1 Å². The molecule has 0 saturated heterocycles. The first kappa shape index (κ1) is 12.4. The Kier molecular flexibility index (Phi) is 4.06. The van der Waals surface area contributed by atoms with Crippen LogP contribution in [0.2, 0.25) is 0 Å². The van der Waals surface area contributed by atoms with Crippen LogP contribution in [0.25, 0.3) is 0 Å². The van der Waals surface area contributed by atoms with E-state index in [1.165, 1.54) is 36.2 Å². The first-order valence-electron chi connectivity index (χ1n) is 6.73. The Morgan fingerprint density at radius 1 is 1.35 bits per heavy atom. The smallest absolute Gasteiger partial charge is 0.0369 e. The fourth-order valence-corrected chi connectivity index (χ4v) is 2.29. The minimum absolute atomic E-state index is 0.951. The van der Waals surface area contributed by atoms with E-state index in [-0.39, 0.29) is 0 Å². The van der Waals surface area contributed by atoms with E-state index in [0.29, 0.717) is 0 Å². The normalized spacial score (nSPS) is 15.0. The number of nitrogens with zero attached hydrogens (tertiary/aromatic N) is 1. The second-order valence-electron chi connectivity index (χ2n) is 5.12. The number of anilines is 1. The first-order valence-corrected chi connectivity index (χ1v) is 6.73. The van der Waals surface area contributed by atoms with Crippen LogP contribution in [0.1, 0.15) is 30.9 Å². The van der Waals surface area contributed by atoms with Gasteiger partial charge in [-0.1, -0.05) is 6.07 Å². The van der Waals surface area contributed by atoms with Crippen molar-refractivity contribution >= 4 is 5.69 Å². The summed E-state index contributed by atoms with van der Waals surface area (Å²) in [5.74, 6) is 0.951. The zero-order valence-electron chi connectivity index (χ0n) is 11.3. The number of hydrogen-bond donors (Lipinski definition) is 1. The van der Waals surface area contributed by atoms with Crippen molar-refractivity contribution in [2.45, 2.75) is 33.2 Å². The third-order valence-electron chi connectivity index (χ3n) is 3.62. The van der Waals surface area contributed by atoms with Crippen LogP contribution >= 0.6 is 0 Å². The average molecular weight is 232 g/mol. The Labute approximate surface area is 105 Å². The Morgan fingerprint density at radius 2 is 2.12 bits per heavy atom. The lowest BCUT2D eigenvalue weighted by atomic mass is 10.1. The van der Waals surface area contributed by atoms with Crippen LogP contribution in [0.3, 0.4) is 0 Å². The molecular weight excluding hydrogens is 208 g/mol. The molecule has 2 nitrogen and oxygen atoms in total. The number of benzene rings is 1. The van der Waals surface area contributed by atoms with Gasteiger partial charge in [0.1, 0.15) is 0 Å². The van der Waals surface area contributed by atoms with Crippen LogP contribution < -0.4 is 10.2 Å². The Hall–Kier alpha value is -1.02. The van der Waals surface area contributed by atoms with Gasteiger partial charge in [0.15, 0.2) is 0 Å². The van der Waals surface area contributed by atoms with Gasteiger partial charge in [0.25, 0.3) is 0 Å². The fourth-order valence-electron chi connectivity index (χ4n) is 2.29. The molecule has 1 aromatic carbocycles. The lowest BCUT2D eigenvalue weighted by Crippen LogP contribution is -2.25. The van der Waals surface area contributed by atoms with E-state index in [4.69, 9.17) is 0 Å². The first-order chi connectivity index (χ1) is 8.24. The molecule has 0 heterocycles. The van der Waals surface area contributed by atoms with Crippen LogP contribution in [-0.2, 0) is 6.54 Å². The van der Waals surface area contributed by atoms with Crippen molar-refractivity contribution in [2.75, 3.05) is 25.0 Å². The number of aryl methyl sites for hydroxylation is 1. The van der Waals surface area contributed by atoms with Gasteiger partial charge in [0, 0.05) is 25.3 Å². The second-order valence-corrected chi connectivity index (χ2v) is 5.12. The minimum atomic E-state index is 0.951. The summed E-state index contributed by atoms with van der Waals surface area (Å²) in [6.45, 7) is 7.77. The molecule has 17 heavy (non-hydrogen) atoms. The van der Waals surface area contributed by atoms with Crippen molar-refractivity contribution in [1.82, 2.24) is 5.32 Å². The molecule has 0 atom stereocenters. The van der Waals surface area contributed by atoms with Gasteiger partial charge in [-0.05, 0) is 62.9 Å². The molecule has 1 fully saturated rings. The predicted molar refractivity (Wildman–Crippen MR) is 74.6 cm³/mol. The van der Waals surface area contributed by atoms with Gasteiger partial charge in [-0.3, -0.25) is 0 Å². The topological polar surface area (TPSA) is 15.3 Å². The molecule has 0 aliphatic heterocycles. The molecule has 1 aliphatic carbocycles. The standard InChI is InChI=1S/C15H24N2/c1-4-17(11-13-5-6-13)15-8-7-14(10-16-3)12(2)9-15/h7-9,13,16H,4-6,10-11H2,1-3H3. The summed E-state index contributed by atoms with van der Waals surface area (Å²) >= 11 is 0. The maximum atomic E-state index is 3.22. The predicted octanol–water partition coefficient (Wildman–Crippen LogP) is 2.95. The summed E-state index contributed by atoms with van der Waals surface area (Å²) in [7, 11) is 2.00. The van der Waals surface area contributed by atoms with Crippen LogP contribution in [0.4, 0.5) is 5.69 Å². The molecule has 1 N–H and O–H groups in total. The highest BCUT2D eigenvalue weighted by Gasteiger charge is 2.23. The van der Waals surface area contributed by atoms with Crippen LogP contribution in [0, 0.1) is 12.8 Å². The van der Waals surface area contributed by atoms with Crippen LogP contribution in [0.5, 0.6) is 0 Å². The third-order valence-corrected chi connectivity index (χ3v) is 3.62. The van der Waals surface area contributed by atoms with Gasteiger partial charge in [0.05, 0.1) is 0 Å². The van der Waals surface area contributed by atoms with Crippen molar-refractivity contribution in [3.63, 3.8) is 0 Å². The van der Waals surface area contributed by atoms with Gasteiger partial charge in [0.2, 0.25) is 0 Å². The van der Waals surface area contributed by atoms with Gasteiger partial charge in [-0.25, -0.2) is 0 Å². The van der Waals surface area contributed by atoms with Crippen molar-refractivity contribution in [3.05, 3.63) is 29.3 Å². The summed E-state index contributed by atoms with van der Waals surface area (Å²) in [5.41, 5.74) is 4.18. The van der Waals surface area contributed by atoms with Gasteiger partial charge in [-0.2, -0.15) is 0 Å². The van der Waals surface area contributed by atoms with Gasteiger partial charge < -0.3 is 10.2 Å². The lowest BCUT2D eigenvalue weighted by Gasteiger charge is -2.24. The summed E-state index contributed by atoms with van der Waals surface area (Å²) in [6.07, 6.45) is 2.85. The minimum Gasteiger partial charge on any atom is -0.372 e. The maximum Gasteiger partial charge on any atom is 0.0369 e. The van der Waals surface area contributed by atoms with E-state index in [0.717, 1.165) is 19.0 Å². The number of rotatable bonds is 6. The molecule has 0 radical (unpaired) electrons.